The predicted molar refractivity (Wildman–Crippen MR) is 121 cm³/mol. The maximum absolute atomic E-state index is 12.8. The van der Waals surface area contributed by atoms with Crippen molar-refractivity contribution in [2.45, 2.75) is 26.8 Å². The van der Waals surface area contributed by atoms with Gasteiger partial charge in [0.2, 0.25) is 5.91 Å². The van der Waals surface area contributed by atoms with E-state index >= 15 is 0 Å². The molecule has 0 radical (unpaired) electrons. The van der Waals surface area contributed by atoms with Crippen LogP contribution in [0.3, 0.4) is 0 Å². The molecule has 30 heavy (non-hydrogen) atoms. The Morgan fingerprint density at radius 2 is 1.90 bits per heavy atom. The second-order valence-electron chi connectivity index (χ2n) is 7.15. The molecule has 0 saturated carbocycles. The number of carbonyl (C=O) groups excluding carboxylic acids is 1. The number of aromatic nitrogens is 3. The molecule has 0 unspecified atom stereocenters. The Labute approximate surface area is 184 Å². The number of halogens is 2. The average molecular weight is 439 g/mol. The van der Waals surface area contributed by atoms with E-state index in [1.807, 2.05) is 44.2 Å². The molecular formula is C23H20Cl2N4O. The largest absolute Gasteiger partial charge is 0.311 e. The molecule has 7 heteroatoms. The number of aryl methyl sites for hydroxylation is 2. The maximum atomic E-state index is 12.8. The van der Waals surface area contributed by atoms with Crippen LogP contribution >= 0.6 is 23.2 Å². The number of fused-ring (bicyclic) bond motifs is 1. The van der Waals surface area contributed by atoms with Gasteiger partial charge in [0.05, 0.1) is 24.7 Å². The molecule has 2 aromatic heterocycles. The maximum Gasteiger partial charge on any atom is 0.230 e. The van der Waals surface area contributed by atoms with Crippen LogP contribution < -0.4 is 5.32 Å². The smallest absolute Gasteiger partial charge is 0.230 e. The Hall–Kier alpha value is -2.89. The molecule has 0 aliphatic heterocycles. The van der Waals surface area contributed by atoms with Crippen molar-refractivity contribution in [2.24, 2.45) is 0 Å². The van der Waals surface area contributed by atoms with Gasteiger partial charge in [-0.2, -0.15) is 5.10 Å². The molecular weight excluding hydrogens is 419 g/mol. The number of nitrogens with one attached hydrogen (secondary N) is 1. The lowest BCUT2D eigenvalue weighted by molar-refractivity contribution is -0.115. The van der Waals surface area contributed by atoms with Gasteiger partial charge in [-0.25, -0.2) is 4.68 Å². The third-order valence-electron chi connectivity index (χ3n) is 5.14. The number of amides is 1. The number of hydrogen-bond acceptors (Lipinski definition) is 3. The minimum Gasteiger partial charge on any atom is -0.311 e. The molecule has 2 aromatic carbocycles. The van der Waals surface area contributed by atoms with Crippen LogP contribution in [0.4, 0.5) is 5.82 Å². The summed E-state index contributed by atoms with van der Waals surface area (Å²) in [4.78, 5) is 17.5. The van der Waals surface area contributed by atoms with Crippen molar-refractivity contribution >= 4 is 45.8 Å². The SMILES string of the molecule is Cc1nc2ccccc2c(C)c1CC(=O)Nc1ccnn1Cc1ccc(Cl)cc1Cl. The predicted octanol–water partition coefficient (Wildman–Crippen LogP) is 5.58. The lowest BCUT2D eigenvalue weighted by atomic mass is 9.99. The Morgan fingerprint density at radius 3 is 2.70 bits per heavy atom. The van der Waals surface area contributed by atoms with E-state index < -0.39 is 0 Å². The molecule has 152 valence electrons. The zero-order valence-corrected chi connectivity index (χ0v) is 18.1. The third-order valence-corrected chi connectivity index (χ3v) is 5.73. The number of pyridine rings is 1. The normalized spacial score (nSPS) is 11.1. The Bertz CT molecular complexity index is 1250. The molecule has 0 spiro atoms. The first-order valence-corrected chi connectivity index (χ1v) is 10.3. The van der Waals surface area contributed by atoms with Gasteiger partial charge in [-0.15, -0.1) is 0 Å². The highest BCUT2D eigenvalue weighted by Gasteiger charge is 2.15. The van der Waals surface area contributed by atoms with Crippen LogP contribution in [0.5, 0.6) is 0 Å². The second kappa shape index (κ2) is 8.46. The van der Waals surface area contributed by atoms with E-state index in [2.05, 4.69) is 15.4 Å². The first-order chi connectivity index (χ1) is 14.4. The van der Waals surface area contributed by atoms with Crippen molar-refractivity contribution in [3.05, 3.63) is 87.2 Å². The van der Waals surface area contributed by atoms with E-state index in [1.54, 1.807) is 29.1 Å². The standard InChI is InChI=1S/C23H20Cl2N4O/c1-14-18-5-3-4-6-21(18)27-15(2)19(14)12-23(30)28-22-9-10-26-29(22)13-16-7-8-17(24)11-20(16)25/h3-11H,12-13H2,1-2H3,(H,28,30). The quantitative estimate of drug-likeness (QED) is 0.441. The monoisotopic (exact) mass is 438 g/mol. The minimum atomic E-state index is -0.123. The number of nitrogens with zero attached hydrogens (tertiary/aromatic N) is 3. The zero-order chi connectivity index (χ0) is 21.3. The summed E-state index contributed by atoms with van der Waals surface area (Å²) < 4.78 is 1.70. The minimum absolute atomic E-state index is 0.123. The van der Waals surface area contributed by atoms with Gasteiger partial charge >= 0.3 is 0 Å². The first kappa shape index (κ1) is 20.4. The molecule has 0 atom stereocenters. The van der Waals surface area contributed by atoms with Crippen molar-refractivity contribution in [2.75, 3.05) is 5.32 Å². The second-order valence-corrected chi connectivity index (χ2v) is 8.00. The molecule has 1 amide bonds. The average Bonchev–Trinajstić information content (AvgIpc) is 3.14. The van der Waals surface area contributed by atoms with Gasteiger partial charge in [-0.3, -0.25) is 9.78 Å². The van der Waals surface area contributed by atoms with E-state index in [0.717, 1.165) is 33.3 Å². The van der Waals surface area contributed by atoms with E-state index in [1.165, 1.54) is 0 Å². The molecule has 4 rings (SSSR count). The number of para-hydroxylation sites is 1. The van der Waals surface area contributed by atoms with Gasteiger partial charge in [0.25, 0.3) is 0 Å². The fourth-order valence-corrected chi connectivity index (χ4v) is 4.02. The number of rotatable bonds is 5. The summed E-state index contributed by atoms with van der Waals surface area (Å²) in [7, 11) is 0. The molecule has 0 bridgehead atoms. The van der Waals surface area contributed by atoms with Crippen molar-refractivity contribution in [1.29, 1.82) is 0 Å². The number of carbonyl (C=O) groups is 1. The van der Waals surface area contributed by atoms with E-state index in [9.17, 15) is 4.79 Å². The Morgan fingerprint density at radius 1 is 1.10 bits per heavy atom. The third kappa shape index (κ3) is 4.18. The fraction of sp³-hybridized carbons (Fsp3) is 0.174. The van der Waals surface area contributed by atoms with Gasteiger partial charge in [0.1, 0.15) is 5.82 Å². The summed E-state index contributed by atoms with van der Waals surface area (Å²) in [5.41, 5.74) is 4.69. The summed E-state index contributed by atoms with van der Waals surface area (Å²) in [5, 5.41) is 9.46. The van der Waals surface area contributed by atoms with Crippen LogP contribution in [0.1, 0.15) is 22.4 Å². The Balaban J connectivity index is 1.53. The van der Waals surface area contributed by atoms with E-state index in [-0.39, 0.29) is 12.3 Å². The van der Waals surface area contributed by atoms with Gasteiger partial charge in [-0.05, 0) is 48.7 Å². The summed E-state index contributed by atoms with van der Waals surface area (Å²) in [6, 6.07) is 15.1. The molecule has 1 N–H and O–H groups in total. The number of anilines is 1. The summed E-state index contributed by atoms with van der Waals surface area (Å²) in [6.45, 7) is 4.40. The van der Waals surface area contributed by atoms with Crippen molar-refractivity contribution in [3.63, 3.8) is 0 Å². The number of benzene rings is 2. The molecule has 0 aliphatic rings. The van der Waals surface area contributed by atoms with Crippen LogP contribution in [0.15, 0.2) is 54.7 Å². The highest BCUT2D eigenvalue weighted by Crippen LogP contribution is 2.24. The van der Waals surface area contributed by atoms with Crippen molar-refractivity contribution in [3.8, 4) is 0 Å². The van der Waals surface area contributed by atoms with Gasteiger partial charge < -0.3 is 5.32 Å². The van der Waals surface area contributed by atoms with Gasteiger partial charge in [0, 0.05) is 27.2 Å². The first-order valence-electron chi connectivity index (χ1n) is 9.53. The topological polar surface area (TPSA) is 59.8 Å². The van der Waals surface area contributed by atoms with Crippen molar-refractivity contribution in [1.82, 2.24) is 14.8 Å². The van der Waals surface area contributed by atoms with Crippen molar-refractivity contribution < 1.29 is 4.79 Å². The number of hydrogen-bond donors (Lipinski definition) is 1. The van der Waals surface area contributed by atoms with Crippen LogP contribution in [-0.4, -0.2) is 20.7 Å². The van der Waals surface area contributed by atoms with E-state index in [0.29, 0.717) is 22.4 Å². The van der Waals surface area contributed by atoms with E-state index in [4.69, 9.17) is 23.2 Å². The van der Waals surface area contributed by atoms with Crippen LogP contribution in [0.2, 0.25) is 10.0 Å². The Kier molecular flexibility index (Phi) is 5.75. The summed E-state index contributed by atoms with van der Waals surface area (Å²) in [5.74, 6) is 0.484. The highest BCUT2D eigenvalue weighted by molar-refractivity contribution is 6.35. The summed E-state index contributed by atoms with van der Waals surface area (Å²) in [6.07, 6.45) is 1.88. The van der Waals surface area contributed by atoms with Crippen LogP contribution in [0.25, 0.3) is 10.9 Å². The van der Waals surface area contributed by atoms with Crippen LogP contribution in [-0.2, 0) is 17.8 Å². The molecule has 2 heterocycles. The lowest BCUT2D eigenvalue weighted by Gasteiger charge is -2.14. The highest BCUT2D eigenvalue weighted by atomic mass is 35.5. The molecule has 0 fully saturated rings. The fourth-order valence-electron chi connectivity index (χ4n) is 3.55. The molecule has 0 aliphatic carbocycles. The molecule has 4 aromatic rings. The molecule has 5 nitrogen and oxygen atoms in total. The lowest BCUT2D eigenvalue weighted by Crippen LogP contribution is -2.19. The van der Waals surface area contributed by atoms with Crippen LogP contribution in [0, 0.1) is 13.8 Å². The van der Waals surface area contributed by atoms with Gasteiger partial charge in [0.15, 0.2) is 0 Å². The summed E-state index contributed by atoms with van der Waals surface area (Å²) >= 11 is 12.2. The zero-order valence-electron chi connectivity index (χ0n) is 16.6. The van der Waals surface area contributed by atoms with Gasteiger partial charge in [-0.1, -0.05) is 47.5 Å². The molecule has 0 saturated heterocycles.